The first-order valence-corrected chi connectivity index (χ1v) is 7.49. The number of hydrogen-bond donors (Lipinski definition) is 1. The predicted octanol–water partition coefficient (Wildman–Crippen LogP) is 2.77. The molecule has 0 fully saturated rings. The molecule has 21 heavy (non-hydrogen) atoms. The summed E-state index contributed by atoms with van der Waals surface area (Å²) in [5, 5.41) is 8.88. The Morgan fingerprint density at radius 1 is 1.29 bits per heavy atom. The van der Waals surface area contributed by atoms with Crippen molar-refractivity contribution in [3.05, 3.63) is 35.4 Å². The van der Waals surface area contributed by atoms with Crippen molar-refractivity contribution < 1.29 is 19.4 Å². The second kappa shape index (κ2) is 6.85. The van der Waals surface area contributed by atoms with E-state index in [0.29, 0.717) is 25.7 Å². The molecule has 0 aromatic heterocycles. The third-order valence-corrected chi connectivity index (χ3v) is 4.03. The Morgan fingerprint density at radius 3 is 2.67 bits per heavy atom. The van der Waals surface area contributed by atoms with Gasteiger partial charge in [0.2, 0.25) is 0 Å². The molecule has 0 saturated heterocycles. The van der Waals surface area contributed by atoms with Gasteiger partial charge in [-0.25, -0.2) is 4.79 Å². The number of carbonyl (C=O) groups excluding carboxylic acids is 1. The molecule has 0 heterocycles. The smallest absolute Gasteiger partial charge is 0.329 e. The normalized spacial score (nSPS) is 20.8. The highest BCUT2D eigenvalue weighted by Crippen LogP contribution is 2.34. The molecule has 114 valence electrons. The quantitative estimate of drug-likeness (QED) is 0.838. The van der Waals surface area contributed by atoms with Gasteiger partial charge in [-0.05, 0) is 30.4 Å². The summed E-state index contributed by atoms with van der Waals surface area (Å²) in [5.74, 6) is -0.835. The third-order valence-electron chi connectivity index (χ3n) is 4.03. The van der Waals surface area contributed by atoms with Crippen LogP contribution in [0.1, 0.15) is 43.7 Å². The summed E-state index contributed by atoms with van der Waals surface area (Å²) < 4.78 is 5.69. The number of Topliss-reactive ketones (excluding diaryl/α,β-unsaturated/α-hetero) is 1. The number of ether oxygens (including phenoxy) is 1. The molecule has 4 nitrogen and oxygen atoms in total. The van der Waals surface area contributed by atoms with E-state index >= 15 is 0 Å². The van der Waals surface area contributed by atoms with Gasteiger partial charge in [-0.15, -0.1) is 0 Å². The van der Waals surface area contributed by atoms with Crippen molar-refractivity contribution in [3.63, 3.8) is 0 Å². The number of rotatable bonds is 7. The third kappa shape index (κ3) is 4.14. The minimum atomic E-state index is -0.990. The lowest BCUT2D eigenvalue weighted by atomic mass is 9.77. The van der Waals surface area contributed by atoms with Crippen molar-refractivity contribution >= 4 is 11.8 Å². The summed E-state index contributed by atoms with van der Waals surface area (Å²) in [4.78, 5) is 22.9. The number of carboxylic acids is 1. The van der Waals surface area contributed by atoms with Gasteiger partial charge in [0.25, 0.3) is 0 Å². The average molecular weight is 290 g/mol. The second-order valence-electron chi connectivity index (χ2n) is 5.78. The number of hydrogen-bond acceptors (Lipinski definition) is 3. The van der Waals surface area contributed by atoms with E-state index in [1.165, 1.54) is 11.1 Å². The van der Waals surface area contributed by atoms with Crippen LogP contribution in [0, 0.1) is 0 Å². The van der Waals surface area contributed by atoms with E-state index in [2.05, 4.69) is 6.07 Å². The minimum absolute atomic E-state index is 0.155. The SMILES string of the molecule is CCCC(=O)CC1(OCC(=O)O)CCc2ccccc2C1. The van der Waals surface area contributed by atoms with Gasteiger partial charge in [-0.1, -0.05) is 31.2 Å². The molecule has 4 heteroatoms. The fourth-order valence-corrected chi connectivity index (χ4v) is 3.04. The monoisotopic (exact) mass is 290 g/mol. The van der Waals surface area contributed by atoms with Gasteiger partial charge >= 0.3 is 5.97 Å². The minimum Gasteiger partial charge on any atom is -0.480 e. The van der Waals surface area contributed by atoms with Crippen LogP contribution < -0.4 is 0 Å². The highest BCUT2D eigenvalue weighted by Gasteiger charge is 2.37. The number of benzene rings is 1. The molecule has 0 aliphatic heterocycles. The van der Waals surface area contributed by atoms with Crippen LogP contribution in [0.5, 0.6) is 0 Å². The van der Waals surface area contributed by atoms with E-state index in [4.69, 9.17) is 9.84 Å². The molecule has 1 atom stereocenters. The van der Waals surface area contributed by atoms with Crippen molar-refractivity contribution in [1.29, 1.82) is 0 Å². The van der Waals surface area contributed by atoms with Crippen molar-refractivity contribution in [2.75, 3.05) is 6.61 Å². The van der Waals surface area contributed by atoms with Crippen LogP contribution in [0.4, 0.5) is 0 Å². The van der Waals surface area contributed by atoms with Gasteiger partial charge < -0.3 is 9.84 Å². The number of carbonyl (C=O) groups is 2. The molecule has 1 aliphatic rings. The number of ketones is 1. The van der Waals surface area contributed by atoms with Gasteiger partial charge in [0.15, 0.2) is 0 Å². The van der Waals surface area contributed by atoms with Crippen molar-refractivity contribution in [2.45, 2.75) is 51.0 Å². The zero-order valence-corrected chi connectivity index (χ0v) is 12.4. The van der Waals surface area contributed by atoms with E-state index in [1.54, 1.807) is 0 Å². The Balaban J connectivity index is 2.17. The van der Waals surface area contributed by atoms with E-state index < -0.39 is 11.6 Å². The van der Waals surface area contributed by atoms with Gasteiger partial charge in [0, 0.05) is 19.3 Å². The standard InChI is InChI=1S/C17H22O4/c1-2-5-15(18)11-17(21-12-16(19)20)9-8-13-6-3-4-7-14(13)10-17/h3-4,6-7H,2,5,8-12H2,1H3,(H,19,20). The fourth-order valence-electron chi connectivity index (χ4n) is 3.04. The number of fused-ring (bicyclic) bond motifs is 1. The zero-order chi connectivity index (χ0) is 15.3. The highest BCUT2D eigenvalue weighted by atomic mass is 16.5. The first-order valence-electron chi connectivity index (χ1n) is 7.49. The molecular formula is C17H22O4. The predicted molar refractivity (Wildman–Crippen MR) is 79.3 cm³/mol. The molecule has 1 aromatic carbocycles. The van der Waals surface area contributed by atoms with E-state index in [1.807, 2.05) is 25.1 Å². The molecule has 0 saturated carbocycles. The maximum Gasteiger partial charge on any atom is 0.329 e. The maximum atomic E-state index is 12.0. The highest BCUT2D eigenvalue weighted by molar-refractivity contribution is 5.79. The zero-order valence-electron chi connectivity index (χ0n) is 12.4. The van der Waals surface area contributed by atoms with Gasteiger partial charge in [-0.3, -0.25) is 4.79 Å². The lowest BCUT2D eigenvalue weighted by Crippen LogP contribution is -2.42. The Hall–Kier alpha value is -1.68. The maximum absolute atomic E-state index is 12.0. The van der Waals surface area contributed by atoms with Crippen LogP contribution in [-0.2, 0) is 27.2 Å². The molecule has 1 N–H and O–H groups in total. The summed E-state index contributed by atoms with van der Waals surface area (Å²) in [5.41, 5.74) is 1.78. The molecule has 0 bridgehead atoms. The largest absolute Gasteiger partial charge is 0.480 e. The van der Waals surface area contributed by atoms with Gasteiger partial charge in [0.1, 0.15) is 12.4 Å². The molecule has 0 amide bonds. The molecule has 1 aliphatic carbocycles. The summed E-state index contributed by atoms with van der Waals surface area (Å²) in [6.45, 7) is 1.63. The summed E-state index contributed by atoms with van der Waals surface area (Å²) >= 11 is 0. The first-order chi connectivity index (χ1) is 10.0. The topological polar surface area (TPSA) is 63.6 Å². The fraction of sp³-hybridized carbons (Fsp3) is 0.529. The number of carboxylic acid groups (broad SMARTS) is 1. The van der Waals surface area contributed by atoms with E-state index in [-0.39, 0.29) is 12.4 Å². The lowest BCUT2D eigenvalue weighted by molar-refractivity contribution is -0.153. The summed E-state index contributed by atoms with van der Waals surface area (Å²) in [7, 11) is 0. The first kappa shape index (κ1) is 15.7. The van der Waals surface area contributed by atoms with E-state index in [9.17, 15) is 9.59 Å². The summed E-state index contributed by atoms with van der Waals surface area (Å²) in [6, 6.07) is 8.11. The van der Waals surface area contributed by atoms with Gasteiger partial charge in [0.05, 0.1) is 5.60 Å². The van der Waals surface area contributed by atoms with E-state index in [0.717, 1.165) is 12.8 Å². The van der Waals surface area contributed by atoms with Crippen LogP contribution in [0.3, 0.4) is 0 Å². The van der Waals surface area contributed by atoms with Crippen molar-refractivity contribution in [3.8, 4) is 0 Å². The van der Waals surface area contributed by atoms with Crippen LogP contribution in [-0.4, -0.2) is 29.1 Å². The van der Waals surface area contributed by atoms with Crippen molar-refractivity contribution in [2.24, 2.45) is 0 Å². The Labute approximate surface area is 125 Å². The molecule has 1 unspecified atom stereocenters. The number of aliphatic carboxylic acids is 1. The number of aryl methyl sites for hydroxylation is 1. The van der Waals surface area contributed by atoms with Gasteiger partial charge in [-0.2, -0.15) is 0 Å². The van der Waals surface area contributed by atoms with Crippen LogP contribution >= 0.6 is 0 Å². The average Bonchev–Trinajstić information content (AvgIpc) is 2.45. The van der Waals surface area contributed by atoms with Crippen LogP contribution in [0.15, 0.2) is 24.3 Å². The second-order valence-corrected chi connectivity index (χ2v) is 5.78. The molecular weight excluding hydrogens is 268 g/mol. The Morgan fingerprint density at radius 2 is 2.00 bits per heavy atom. The molecule has 0 radical (unpaired) electrons. The Kier molecular flexibility index (Phi) is 5.12. The summed E-state index contributed by atoms with van der Waals surface area (Å²) in [6.07, 6.45) is 3.79. The van der Waals surface area contributed by atoms with Crippen LogP contribution in [0.25, 0.3) is 0 Å². The van der Waals surface area contributed by atoms with Crippen LogP contribution in [0.2, 0.25) is 0 Å². The Bertz CT molecular complexity index is 523. The lowest BCUT2D eigenvalue weighted by Gasteiger charge is -2.37. The molecule has 0 spiro atoms. The molecule has 1 aromatic rings. The van der Waals surface area contributed by atoms with Crippen molar-refractivity contribution in [1.82, 2.24) is 0 Å². The molecule has 2 rings (SSSR count).